The SMILES string of the molecule is CN(C)C(Cc1cccnc1)C(=O)O. The molecule has 1 aromatic rings. The van der Waals surface area contributed by atoms with E-state index in [4.69, 9.17) is 5.11 Å². The number of aliphatic carboxylic acids is 1. The van der Waals surface area contributed by atoms with Gasteiger partial charge in [0.1, 0.15) is 6.04 Å². The third-order valence-electron chi connectivity index (χ3n) is 2.06. The molecule has 0 aliphatic carbocycles. The van der Waals surface area contributed by atoms with Crippen LogP contribution in [0.15, 0.2) is 24.5 Å². The van der Waals surface area contributed by atoms with Gasteiger partial charge in [0.25, 0.3) is 0 Å². The normalized spacial score (nSPS) is 12.8. The first kappa shape index (κ1) is 10.7. The van der Waals surface area contributed by atoms with Gasteiger partial charge in [-0.05, 0) is 25.7 Å². The van der Waals surface area contributed by atoms with Crippen molar-refractivity contribution < 1.29 is 9.90 Å². The maximum absolute atomic E-state index is 10.9. The molecule has 0 spiro atoms. The van der Waals surface area contributed by atoms with Crippen LogP contribution >= 0.6 is 0 Å². The molecule has 0 aromatic carbocycles. The fourth-order valence-corrected chi connectivity index (χ4v) is 1.23. The summed E-state index contributed by atoms with van der Waals surface area (Å²) in [6.07, 6.45) is 3.85. The molecular weight excluding hydrogens is 180 g/mol. The predicted molar refractivity (Wildman–Crippen MR) is 53.1 cm³/mol. The van der Waals surface area contributed by atoms with Crippen molar-refractivity contribution in [3.05, 3.63) is 30.1 Å². The van der Waals surface area contributed by atoms with Gasteiger partial charge in [-0.25, -0.2) is 0 Å². The number of nitrogens with zero attached hydrogens (tertiary/aromatic N) is 2. The van der Waals surface area contributed by atoms with Crippen LogP contribution < -0.4 is 0 Å². The Bertz CT molecular complexity index is 298. The lowest BCUT2D eigenvalue weighted by atomic mass is 10.1. The molecule has 1 N–H and O–H groups in total. The monoisotopic (exact) mass is 194 g/mol. The van der Waals surface area contributed by atoms with Crippen LogP contribution in [-0.2, 0) is 11.2 Å². The fourth-order valence-electron chi connectivity index (χ4n) is 1.23. The number of pyridine rings is 1. The highest BCUT2D eigenvalue weighted by atomic mass is 16.4. The second kappa shape index (κ2) is 4.72. The van der Waals surface area contributed by atoms with Gasteiger partial charge in [0.15, 0.2) is 0 Å². The Morgan fingerprint density at radius 1 is 1.64 bits per heavy atom. The maximum Gasteiger partial charge on any atom is 0.321 e. The van der Waals surface area contributed by atoms with Gasteiger partial charge >= 0.3 is 5.97 Å². The van der Waals surface area contributed by atoms with E-state index in [1.54, 1.807) is 31.4 Å². The summed E-state index contributed by atoms with van der Waals surface area (Å²) >= 11 is 0. The van der Waals surface area contributed by atoms with Gasteiger partial charge in [-0.2, -0.15) is 0 Å². The van der Waals surface area contributed by atoms with Gasteiger partial charge in [0, 0.05) is 18.8 Å². The smallest absolute Gasteiger partial charge is 0.321 e. The van der Waals surface area contributed by atoms with E-state index in [1.165, 1.54) is 0 Å². The fraction of sp³-hybridized carbons (Fsp3) is 0.400. The zero-order valence-corrected chi connectivity index (χ0v) is 8.34. The lowest BCUT2D eigenvalue weighted by Gasteiger charge is -2.19. The Hall–Kier alpha value is -1.42. The van der Waals surface area contributed by atoms with Crippen molar-refractivity contribution in [2.75, 3.05) is 14.1 Å². The molecule has 0 aliphatic heterocycles. The Kier molecular flexibility index (Phi) is 3.59. The van der Waals surface area contributed by atoms with Crippen LogP contribution in [0, 0.1) is 0 Å². The summed E-state index contributed by atoms with van der Waals surface area (Å²) in [6.45, 7) is 0. The number of carbonyl (C=O) groups is 1. The van der Waals surface area contributed by atoms with E-state index in [0.29, 0.717) is 6.42 Å². The van der Waals surface area contributed by atoms with Gasteiger partial charge in [-0.1, -0.05) is 6.07 Å². The molecule has 1 aromatic heterocycles. The van der Waals surface area contributed by atoms with Gasteiger partial charge in [-0.3, -0.25) is 14.7 Å². The largest absolute Gasteiger partial charge is 0.480 e. The number of carboxylic acids is 1. The standard InChI is InChI=1S/C10H14N2O2/c1-12(2)9(10(13)14)6-8-4-3-5-11-7-8/h3-5,7,9H,6H2,1-2H3,(H,13,14). The number of hydrogen-bond acceptors (Lipinski definition) is 3. The summed E-state index contributed by atoms with van der Waals surface area (Å²) in [4.78, 5) is 16.5. The van der Waals surface area contributed by atoms with E-state index in [0.717, 1.165) is 5.56 Å². The number of hydrogen-bond donors (Lipinski definition) is 1. The molecule has 0 bridgehead atoms. The summed E-state index contributed by atoms with van der Waals surface area (Å²) in [7, 11) is 3.52. The van der Waals surface area contributed by atoms with E-state index < -0.39 is 12.0 Å². The van der Waals surface area contributed by atoms with Crippen LogP contribution in [0.5, 0.6) is 0 Å². The van der Waals surface area contributed by atoms with Crippen LogP contribution in [0.1, 0.15) is 5.56 Å². The minimum Gasteiger partial charge on any atom is -0.480 e. The molecule has 1 heterocycles. The Labute approximate surface area is 83.2 Å². The Morgan fingerprint density at radius 2 is 2.36 bits per heavy atom. The summed E-state index contributed by atoms with van der Waals surface area (Å²) in [6, 6.07) is 3.20. The second-order valence-electron chi connectivity index (χ2n) is 3.38. The van der Waals surface area contributed by atoms with Crippen molar-refractivity contribution in [1.29, 1.82) is 0 Å². The second-order valence-corrected chi connectivity index (χ2v) is 3.38. The first-order valence-electron chi connectivity index (χ1n) is 4.39. The van der Waals surface area contributed by atoms with Crippen LogP contribution in [0.4, 0.5) is 0 Å². The Balaban J connectivity index is 2.70. The van der Waals surface area contributed by atoms with Gasteiger partial charge in [-0.15, -0.1) is 0 Å². The highest BCUT2D eigenvalue weighted by Gasteiger charge is 2.19. The molecule has 0 fully saturated rings. The maximum atomic E-state index is 10.9. The molecule has 4 nitrogen and oxygen atoms in total. The summed E-state index contributed by atoms with van der Waals surface area (Å²) in [5, 5.41) is 8.94. The van der Waals surface area contributed by atoms with Crippen molar-refractivity contribution >= 4 is 5.97 Å². The van der Waals surface area contributed by atoms with E-state index in [9.17, 15) is 4.79 Å². The van der Waals surface area contributed by atoms with Gasteiger partial charge in [0.2, 0.25) is 0 Å². The highest BCUT2D eigenvalue weighted by molar-refractivity contribution is 5.73. The van der Waals surface area contributed by atoms with Crippen LogP contribution in [0.3, 0.4) is 0 Å². The zero-order valence-electron chi connectivity index (χ0n) is 8.34. The predicted octanol–water partition coefficient (Wildman–Crippen LogP) is 0.639. The molecule has 14 heavy (non-hydrogen) atoms. The van der Waals surface area contributed by atoms with Crippen molar-refractivity contribution in [2.45, 2.75) is 12.5 Å². The average Bonchev–Trinajstić information content (AvgIpc) is 2.15. The lowest BCUT2D eigenvalue weighted by Crippen LogP contribution is -2.37. The minimum atomic E-state index is -0.807. The van der Waals surface area contributed by atoms with E-state index in [1.807, 2.05) is 12.1 Å². The van der Waals surface area contributed by atoms with Crippen molar-refractivity contribution in [1.82, 2.24) is 9.88 Å². The first-order valence-corrected chi connectivity index (χ1v) is 4.39. The van der Waals surface area contributed by atoms with E-state index >= 15 is 0 Å². The van der Waals surface area contributed by atoms with Crippen LogP contribution in [0.2, 0.25) is 0 Å². The number of carboxylic acid groups (broad SMARTS) is 1. The number of aromatic nitrogens is 1. The molecule has 4 heteroatoms. The zero-order chi connectivity index (χ0) is 10.6. The molecule has 1 atom stereocenters. The molecule has 0 amide bonds. The van der Waals surface area contributed by atoms with Gasteiger partial charge < -0.3 is 5.11 Å². The highest BCUT2D eigenvalue weighted by Crippen LogP contribution is 2.05. The topological polar surface area (TPSA) is 53.4 Å². The molecule has 0 radical (unpaired) electrons. The molecule has 0 saturated heterocycles. The van der Waals surface area contributed by atoms with Crippen molar-refractivity contribution in [2.24, 2.45) is 0 Å². The van der Waals surface area contributed by atoms with Crippen LogP contribution in [0.25, 0.3) is 0 Å². The third kappa shape index (κ3) is 2.81. The van der Waals surface area contributed by atoms with E-state index in [-0.39, 0.29) is 0 Å². The van der Waals surface area contributed by atoms with Crippen LogP contribution in [-0.4, -0.2) is 41.1 Å². The molecule has 1 unspecified atom stereocenters. The lowest BCUT2D eigenvalue weighted by molar-refractivity contribution is -0.142. The van der Waals surface area contributed by atoms with Gasteiger partial charge in [0.05, 0.1) is 0 Å². The first-order chi connectivity index (χ1) is 6.61. The molecular formula is C10H14N2O2. The molecule has 76 valence electrons. The summed E-state index contributed by atoms with van der Waals surface area (Å²) in [5.41, 5.74) is 0.939. The molecule has 0 aliphatic rings. The van der Waals surface area contributed by atoms with Crippen molar-refractivity contribution in [3.63, 3.8) is 0 Å². The quantitative estimate of drug-likeness (QED) is 0.764. The molecule has 0 saturated carbocycles. The average molecular weight is 194 g/mol. The van der Waals surface area contributed by atoms with E-state index in [2.05, 4.69) is 4.98 Å². The van der Waals surface area contributed by atoms with Crippen molar-refractivity contribution in [3.8, 4) is 0 Å². The number of likely N-dealkylation sites (N-methyl/N-ethyl adjacent to an activating group) is 1. The Morgan fingerprint density at radius 3 is 2.79 bits per heavy atom. The summed E-state index contributed by atoms with van der Waals surface area (Å²) < 4.78 is 0. The summed E-state index contributed by atoms with van der Waals surface area (Å²) in [5.74, 6) is -0.807. The molecule has 1 rings (SSSR count). The third-order valence-corrected chi connectivity index (χ3v) is 2.06. The minimum absolute atomic E-state index is 0.482. The number of rotatable bonds is 4.